The molecule has 0 bridgehead atoms. The number of hydrogen-bond donors (Lipinski definition) is 1. The van der Waals surface area contributed by atoms with Gasteiger partial charge in [0.15, 0.2) is 0 Å². The van der Waals surface area contributed by atoms with Crippen LogP contribution in [-0.4, -0.2) is 41.9 Å². The summed E-state index contributed by atoms with van der Waals surface area (Å²) < 4.78 is 1.13. The largest absolute Gasteiger partial charge is 0.387 e. The molecule has 0 amide bonds. The summed E-state index contributed by atoms with van der Waals surface area (Å²) in [5.41, 5.74) is 0. The Morgan fingerprint density at radius 1 is 0.714 bits per heavy atom. The predicted octanol–water partition coefficient (Wildman–Crippen LogP) is 4.71. The van der Waals surface area contributed by atoms with Crippen LogP contribution in [0.1, 0.15) is 74.1 Å². The van der Waals surface area contributed by atoms with Gasteiger partial charge in [-0.15, -0.1) is 0 Å². The second kappa shape index (κ2) is 10.6. The van der Waals surface area contributed by atoms with E-state index in [9.17, 15) is 5.11 Å². The maximum atomic E-state index is 10.3. The highest BCUT2D eigenvalue weighted by molar-refractivity contribution is 4.59. The molecule has 0 aromatic heterocycles. The summed E-state index contributed by atoms with van der Waals surface area (Å²) in [6.07, 6.45) is 4.55. The van der Waals surface area contributed by atoms with Gasteiger partial charge < -0.3 is 9.59 Å². The van der Waals surface area contributed by atoms with Gasteiger partial charge in [0.05, 0.1) is 19.6 Å². The lowest BCUT2D eigenvalue weighted by molar-refractivity contribution is -0.932. The van der Waals surface area contributed by atoms with Crippen molar-refractivity contribution in [3.63, 3.8) is 0 Å². The monoisotopic (exact) mass is 300 g/mol. The molecular weight excluding hydrogens is 258 g/mol. The van der Waals surface area contributed by atoms with Crippen molar-refractivity contribution in [3.8, 4) is 0 Å². The molecule has 0 aromatic rings. The smallest absolute Gasteiger partial charge is 0.105 e. The van der Waals surface area contributed by atoms with Crippen molar-refractivity contribution in [1.82, 2.24) is 0 Å². The van der Waals surface area contributed by atoms with Crippen LogP contribution in [0.2, 0.25) is 0 Å². The first-order valence-corrected chi connectivity index (χ1v) is 9.24. The molecular formula is C19H42NO+. The van der Waals surface area contributed by atoms with E-state index in [1.807, 2.05) is 0 Å². The Labute approximate surface area is 134 Å². The predicted molar refractivity (Wildman–Crippen MR) is 94.4 cm³/mol. The van der Waals surface area contributed by atoms with E-state index in [0.717, 1.165) is 35.2 Å². The van der Waals surface area contributed by atoms with E-state index in [1.54, 1.807) is 0 Å². The van der Waals surface area contributed by atoms with E-state index in [-0.39, 0.29) is 6.10 Å². The SMILES string of the molecule is CCC(O)C[N+](CCC(C)C)(CCC(C)C)CCC(C)C. The lowest BCUT2D eigenvalue weighted by Gasteiger charge is -2.41. The zero-order valence-corrected chi connectivity index (χ0v) is 15.9. The standard InChI is InChI=1S/C19H42NO/c1-8-19(21)15-20(12-9-16(2)3,13-10-17(4)5)14-11-18(6)7/h16-19,21H,8-15H2,1-7H3/q+1. The molecule has 0 aliphatic heterocycles. The molecule has 0 rings (SSSR count). The number of quaternary nitrogens is 1. The Morgan fingerprint density at radius 3 is 1.29 bits per heavy atom. The molecule has 2 nitrogen and oxygen atoms in total. The van der Waals surface area contributed by atoms with E-state index >= 15 is 0 Å². The van der Waals surface area contributed by atoms with E-state index in [1.165, 1.54) is 38.9 Å². The topological polar surface area (TPSA) is 20.2 Å². The molecule has 0 fully saturated rings. The number of rotatable bonds is 12. The Hall–Kier alpha value is -0.0800. The Morgan fingerprint density at radius 2 is 1.05 bits per heavy atom. The van der Waals surface area contributed by atoms with Crippen LogP contribution in [-0.2, 0) is 0 Å². The molecule has 0 radical (unpaired) electrons. The molecule has 1 N–H and O–H groups in total. The fourth-order valence-electron chi connectivity index (χ4n) is 2.78. The summed E-state index contributed by atoms with van der Waals surface area (Å²) >= 11 is 0. The highest BCUT2D eigenvalue weighted by Gasteiger charge is 2.30. The summed E-state index contributed by atoms with van der Waals surface area (Å²) in [4.78, 5) is 0. The first-order valence-electron chi connectivity index (χ1n) is 9.24. The van der Waals surface area contributed by atoms with E-state index in [0.29, 0.717) is 0 Å². The van der Waals surface area contributed by atoms with Gasteiger partial charge >= 0.3 is 0 Å². The van der Waals surface area contributed by atoms with Crippen molar-refractivity contribution in [2.24, 2.45) is 17.8 Å². The third kappa shape index (κ3) is 10.3. The van der Waals surface area contributed by atoms with Gasteiger partial charge in [0.1, 0.15) is 12.6 Å². The van der Waals surface area contributed by atoms with Crippen LogP contribution in [0.3, 0.4) is 0 Å². The molecule has 0 spiro atoms. The number of hydrogen-bond acceptors (Lipinski definition) is 1. The number of aliphatic hydroxyl groups excluding tert-OH is 1. The summed E-state index contributed by atoms with van der Waals surface area (Å²) in [5.74, 6) is 2.25. The maximum Gasteiger partial charge on any atom is 0.105 e. The van der Waals surface area contributed by atoms with Gasteiger partial charge in [-0.1, -0.05) is 48.5 Å². The third-order valence-electron chi connectivity index (χ3n) is 4.61. The van der Waals surface area contributed by atoms with Gasteiger partial charge in [-0.2, -0.15) is 0 Å². The summed E-state index contributed by atoms with van der Waals surface area (Å²) in [6, 6.07) is 0. The van der Waals surface area contributed by atoms with Crippen LogP contribution >= 0.6 is 0 Å². The molecule has 2 heteroatoms. The molecule has 0 aliphatic carbocycles. The maximum absolute atomic E-state index is 10.3. The Balaban J connectivity index is 4.94. The van der Waals surface area contributed by atoms with Crippen molar-refractivity contribution in [3.05, 3.63) is 0 Å². The van der Waals surface area contributed by atoms with Gasteiger partial charge in [0, 0.05) is 0 Å². The van der Waals surface area contributed by atoms with Crippen LogP contribution < -0.4 is 0 Å². The minimum atomic E-state index is -0.142. The molecule has 0 aliphatic rings. The molecule has 0 saturated carbocycles. The van der Waals surface area contributed by atoms with Crippen molar-refractivity contribution in [1.29, 1.82) is 0 Å². The summed E-state index contributed by atoms with van der Waals surface area (Å²) in [5, 5.41) is 10.3. The van der Waals surface area contributed by atoms with Gasteiger partial charge in [-0.25, -0.2) is 0 Å². The molecule has 0 aromatic carbocycles. The van der Waals surface area contributed by atoms with Gasteiger partial charge in [0.2, 0.25) is 0 Å². The second-order valence-corrected chi connectivity index (χ2v) is 8.30. The van der Waals surface area contributed by atoms with E-state index in [2.05, 4.69) is 48.5 Å². The molecule has 128 valence electrons. The zero-order chi connectivity index (χ0) is 16.5. The Kier molecular flexibility index (Phi) is 10.6. The number of aliphatic hydroxyl groups is 1. The lowest BCUT2D eigenvalue weighted by atomic mass is 10.0. The van der Waals surface area contributed by atoms with Crippen molar-refractivity contribution in [2.75, 3.05) is 26.2 Å². The summed E-state index contributed by atoms with van der Waals surface area (Å²) in [6.45, 7) is 20.6. The minimum absolute atomic E-state index is 0.142. The highest BCUT2D eigenvalue weighted by Crippen LogP contribution is 2.20. The van der Waals surface area contributed by atoms with Crippen molar-refractivity contribution in [2.45, 2.75) is 80.3 Å². The van der Waals surface area contributed by atoms with Crippen LogP contribution in [0.5, 0.6) is 0 Å². The first kappa shape index (κ1) is 20.9. The average Bonchev–Trinajstić information content (AvgIpc) is 2.40. The fourth-order valence-corrected chi connectivity index (χ4v) is 2.78. The van der Waals surface area contributed by atoms with Gasteiger partial charge in [0.25, 0.3) is 0 Å². The molecule has 21 heavy (non-hydrogen) atoms. The van der Waals surface area contributed by atoms with Gasteiger partial charge in [-0.05, 0) is 43.4 Å². The van der Waals surface area contributed by atoms with E-state index < -0.39 is 0 Å². The van der Waals surface area contributed by atoms with Crippen LogP contribution in [0.4, 0.5) is 0 Å². The summed E-state index contributed by atoms with van der Waals surface area (Å²) in [7, 11) is 0. The molecule has 0 heterocycles. The fraction of sp³-hybridized carbons (Fsp3) is 1.00. The Bertz CT molecular complexity index is 217. The molecule has 1 unspecified atom stereocenters. The molecule has 0 saturated heterocycles. The van der Waals surface area contributed by atoms with Crippen LogP contribution in [0.15, 0.2) is 0 Å². The first-order chi connectivity index (χ1) is 9.70. The van der Waals surface area contributed by atoms with Crippen LogP contribution in [0.25, 0.3) is 0 Å². The minimum Gasteiger partial charge on any atom is -0.387 e. The van der Waals surface area contributed by atoms with Crippen molar-refractivity contribution >= 4 is 0 Å². The lowest BCUT2D eigenvalue weighted by Crippen LogP contribution is -2.54. The number of nitrogens with zero attached hydrogens (tertiary/aromatic N) is 1. The normalized spacial score (nSPS) is 14.4. The molecule has 1 atom stereocenters. The second-order valence-electron chi connectivity index (χ2n) is 8.30. The quantitative estimate of drug-likeness (QED) is 0.517. The van der Waals surface area contributed by atoms with E-state index in [4.69, 9.17) is 0 Å². The average molecular weight is 301 g/mol. The third-order valence-corrected chi connectivity index (χ3v) is 4.61. The zero-order valence-electron chi connectivity index (χ0n) is 15.9. The van der Waals surface area contributed by atoms with Crippen molar-refractivity contribution < 1.29 is 9.59 Å². The van der Waals surface area contributed by atoms with Crippen LogP contribution in [0, 0.1) is 17.8 Å². The van der Waals surface area contributed by atoms with Gasteiger partial charge in [-0.3, -0.25) is 0 Å². The highest BCUT2D eigenvalue weighted by atomic mass is 16.3.